The van der Waals surface area contributed by atoms with Crippen molar-refractivity contribution in [2.75, 3.05) is 29.6 Å². The molecule has 126 valence electrons. The highest BCUT2D eigenvalue weighted by Crippen LogP contribution is 2.16. The van der Waals surface area contributed by atoms with Crippen LogP contribution >= 0.6 is 0 Å². The molecule has 0 aliphatic heterocycles. The van der Waals surface area contributed by atoms with Gasteiger partial charge in [-0.05, 0) is 42.5 Å². The Morgan fingerprint density at radius 2 is 1.62 bits per heavy atom. The van der Waals surface area contributed by atoms with Gasteiger partial charge in [0.25, 0.3) is 0 Å². The molecule has 0 aromatic heterocycles. The van der Waals surface area contributed by atoms with Crippen LogP contribution in [-0.4, -0.2) is 25.5 Å². The molecule has 2 aromatic rings. The van der Waals surface area contributed by atoms with E-state index in [1.165, 1.54) is 6.92 Å². The quantitative estimate of drug-likeness (QED) is 0.730. The molecular weight excluding hydrogens is 306 g/mol. The first-order valence-corrected chi connectivity index (χ1v) is 7.62. The van der Waals surface area contributed by atoms with Gasteiger partial charge in [-0.3, -0.25) is 9.59 Å². The monoisotopic (exact) mass is 327 g/mol. The summed E-state index contributed by atoms with van der Waals surface area (Å²) in [5.74, 6) is 0.538. The number of hydrogen-bond acceptors (Lipinski definition) is 4. The van der Waals surface area contributed by atoms with Crippen molar-refractivity contribution >= 4 is 28.9 Å². The summed E-state index contributed by atoms with van der Waals surface area (Å²) in [6, 6.07) is 14.5. The summed E-state index contributed by atoms with van der Waals surface area (Å²) in [4.78, 5) is 23.0. The third-order valence-corrected chi connectivity index (χ3v) is 3.24. The van der Waals surface area contributed by atoms with Gasteiger partial charge in [0, 0.05) is 37.0 Å². The van der Waals surface area contributed by atoms with Crippen LogP contribution in [0.1, 0.15) is 13.3 Å². The minimum atomic E-state index is -0.151. The van der Waals surface area contributed by atoms with Gasteiger partial charge in [0.1, 0.15) is 5.75 Å². The second-order valence-electron chi connectivity index (χ2n) is 5.22. The molecule has 0 unspecified atom stereocenters. The maximum absolute atomic E-state index is 12.0. The number of ether oxygens (including phenoxy) is 1. The zero-order valence-corrected chi connectivity index (χ0v) is 13.8. The van der Waals surface area contributed by atoms with Crippen molar-refractivity contribution in [3.05, 3.63) is 48.5 Å². The van der Waals surface area contributed by atoms with E-state index in [9.17, 15) is 9.59 Å². The fourth-order valence-electron chi connectivity index (χ4n) is 2.13. The third kappa shape index (κ3) is 5.64. The van der Waals surface area contributed by atoms with Crippen LogP contribution in [0.3, 0.4) is 0 Å². The minimum Gasteiger partial charge on any atom is -0.497 e. The van der Waals surface area contributed by atoms with Crippen LogP contribution in [0.15, 0.2) is 48.5 Å². The van der Waals surface area contributed by atoms with Crippen molar-refractivity contribution in [3.63, 3.8) is 0 Å². The van der Waals surface area contributed by atoms with E-state index in [1.54, 1.807) is 31.4 Å². The second-order valence-corrected chi connectivity index (χ2v) is 5.22. The number of anilines is 3. The highest BCUT2D eigenvalue weighted by molar-refractivity contribution is 5.93. The van der Waals surface area contributed by atoms with Gasteiger partial charge < -0.3 is 20.7 Å². The van der Waals surface area contributed by atoms with Crippen molar-refractivity contribution in [2.24, 2.45) is 0 Å². The lowest BCUT2D eigenvalue weighted by atomic mass is 10.2. The maximum Gasteiger partial charge on any atom is 0.226 e. The van der Waals surface area contributed by atoms with Gasteiger partial charge >= 0.3 is 0 Å². The summed E-state index contributed by atoms with van der Waals surface area (Å²) in [6.45, 7) is 1.96. The molecule has 0 aliphatic carbocycles. The van der Waals surface area contributed by atoms with E-state index in [4.69, 9.17) is 4.74 Å². The first kappa shape index (κ1) is 17.3. The van der Waals surface area contributed by atoms with Crippen molar-refractivity contribution < 1.29 is 14.3 Å². The Bertz CT molecular complexity index is 699. The Balaban J connectivity index is 1.79. The molecule has 3 N–H and O–H groups in total. The van der Waals surface area contributed by atoms with Crippen LogP contribution in [-0.2, 0) is 9.59 Å². The van der Waals surface area contributed by atoms with E-state index in [1.807, 2.05) is 24.3 Å². The Morgan fingerprint density at radius 1 is 0.958 bits per heavy atom. The van der Waals surface area contributed by atoms with E-state index < -0.39 is 0 Å². The third-order valence-electron chi connectivity index (χ3n) is 3.24. The van der Waals surface area contributed by atoms with Crippen molar-refractivity contribution in [3.8, 4) is 5.75 Å². The van der Waals surface area contributed by atoms with Crippen molar-refractivity contribution in [1.29, 1.82) is 0 Å². The zero-order chi connectivity index (χ0) is 17.4. The normalized spacial score (nSPS) is 9.92. The van der Waals surface area contributed by atoms with Crippen LogP contribution < -0.4 is 20.7 Å². The molecule has 0 bridgehead atoms. The van der Waals surface area contributed by atoms with Crippen LogP contribution in [0, 0.1) is 0 Å². The van der Waals surface area contributed by atoms with Gasteiger partial charge in [-0.15, -0.1) is 0 Å². The molecule has 2 amide bonds. The average Bonchev–Trinajstić information content (AvgIpc) is 2.55. The molecule has 0 heterocycles. The number of amides is 2. The standard InChI is InChI=1S/C18H21N3O3/c1-13(22)20-15-4-3-5-16(12-15)21-18(23)10-11-19-14-6-8-17(24-2)9-7-14/h3-9,12,19H,10-11H2,1-2H3,(H,20,22)(H,21,23). The van der Waals surface area contributed by atoms with Gasteiger partial charge in [-0.1, -0.05) is 6.07 Å². The summed E-state index contributed by atoms with van der Waals surface area (Å²) < 4.78 is 5.09. The van der Waals surface area contributed by atoms with Crippen molar-refractivity contribution in [1.82, 2.24) is 0 Å². The molecule has 24 heavy (non-hydrogen) atoms. The minimum absolute atomic E-state index is 0.101. The Labute approximate surface area is 141 Å². The highest BCUT2D eigenvalue weighted by atomic mass is 16.5. The number of methoxy groups -OCH3 is 1. The summed E-state index contributed by atoms with van der Waals surface area (Å²) in [7, 11) is 1.62. The van der Waals surface area contributed by atoms with Gasteiger partial charge in [0.05, 0.1) is 7.11 Å². The second kappa shape index (κ2) is 8.57. The molecule has 0 radical (unpaired) electrons. The van der Waals surface area contributed by atoms with Crippen LogP contribution in [0.5, 0.6) is 5.75 Å². The lowest BCUT2D eigenvalue weighted by Crippen LogP contribution is -2.16. The molecule has 0 spiro atoms. The number of hydrogen-bond donors (Lipinski definition) is 3. The van der Waals surface area contributed by atoms with Gasteiger partial charge in [0.15, 0.2) is 0 Å². The summed E-state index contributed by atoms with van der Waals surface area (Å²) in [5.41, 5.74) is 2.23. The molecule has 0 aliphatic rings. The molecule has 0 fully saturated rings. The lowest BCUT2D eigenvalue weighted by Gasteiger charge is -2.09. The molecule has 0 saturated carbocycles. The van der Waals surface area contributed by atoms with Gasteiger partial charge in [-0.2, -0.15) is 0 Å². The molecular formula is C18H21N3O3. The fourth-order valence-corrected chi connectivity index (χ4v) is 2.13. The number of benzene rings is 2. The molecule has 6 heteroatoms. The first-order valence-electron chi connectivity index (χ1n) is 7.62. The van der Waals surface area contributed by atoms with Gasteiger partial charge in [0.2, 0.25) is 11.8 Å². The summed E-state index contributed by atoms with van der Waals surface area (Å²) in [6.07, 6.45) is 0.330. The van der Waals surface area contributed by atoms with E-state index >= 15 is 0 Å². The molecule has 2 aromatic carbocycles. The van der Waals surface area contributed by atoms with Crippen LogP contribution in [0.2, 0.25) is 0 Å². The molecule has 6 nitrogen and oxygen atoms in total. The SMILES string of the molecule is COc1ccc(NCCC(=O)Nc2cccc(NC(C)=O)c2)cc1. The Kier molecular flexibility index (Phi) is 6.19. The fraction of sp³-hybridized carbons (Fsp3) is 0.222. The maximum atomic E-state index is 12.0. The molecule has 0 atom stereocenters. The number of rotatable bonds is 7. The predicted molar refractivity (Wildman–Crippen MR) is 95.5 cm³/mol. The van der Waals surface area contributed by atoms with Crippen LogP contribution in [0.4, 0.5) is 17.1 Å². The van der Waals surface area contributed by atoms with E-state index in [-0.39, 0.29) is 11.8 Å². The number of nitrogens with one attached hydrogen (secondary N) is 3. The van der Waals surface area contributed by atoms with E-state index in [0.717, 1.165) is 11.4 Å². The first-order chi connectivity index (χ1) is 11.6. The van der Waals surface area contributed by atoms with Crippen LogP contribution in [0.25, 0.3) is 0 Å². The number of carbonyl (C=O) groups excluding carboxylic acids is 2. The summed E-state index contributed by atoms with van der Waals surface area (Å²) >= 11 is 0. The largest absolute Gasteiger partial charge is 0.497 e. The molecule has 0 saturated heterocycles. The van der Waals surface area contributed by atoms with Crippen molar-refractivity contribution in [2.45, 2.75) is 13.3 Å². The topological polar surface area (TPSA) is 79.5 Å². The lowest BCUT2D eigenvalue weighted by molar-refractivity contribution is -0.116. The Hall–Kier alpha value is -3.02. The Morgan fingerprint density at radius 3 is 2.25 bits per heavy atom. The average molecular weight is 327 g/mol. The zero-order valence-electron chi connectivity index (χ0n) is 13.8. The van der Waals surface area contributed by atoms with E-state index in [0.29, 0.717) is 24.3 Å². The van der Waals surface area contributed by atoms with Gasteiger partial charge in [-0.25, -0.2) is 0 Å². The summed E-state index contributed by atoms with van der Waals surface area (Å²) in [5, 5.41) is 8.67. The predicted octanol–water partition coefficient (Wildman–Crippen LogP) is 3.09. The van der Waals surface area contributed by atoms with E-state index in [2.05, 4.69) is 16.0 Å². The number of carbonyl (C=O) groups is 2. The highest BCUT2D eigenvalue weighted by Gasteiger charge is 2.04. The smallest absolute Gasteiger partial charge is 0.226 e. The molecule has 2 rings (SSSR count).